The molecule has 0 atom stereocenters. The number of para-hydroxylation sites is 2. The average Bonchev–Trinajstić information content (AvgIpc) is 3.55. The van der Waals surface area contributed by atoms with Crippen LogP contribution in [0.5, 0.6) is 5.75 Å². The second-order valence-electron chi connectivity index (χ2n) is 15.3. The van der Waals surface area contributed by atoms with Gasteiger partial charge in [0.1, 0.15) is 11.6 Å². The van der Waals surface area contributed by atoms with E-state index in [0.29, 0.717) is 29.2 Å². The van der Waals surface area contributed by atoms with Crippen LogP contribution in [0.2, 0.25) is 0 Å². The number of pyridine rings is 1. The third-order valence-corrected chi connectivity index (χ3v) is 10.2. The van der Waals surface area contributed by atoms with Crippen LogP contribution in [0.3, 0.4) is 0 Å². The van der Waals surface area contributed by atoms with Gasteiger partial charge in [-0.15, -0.1) is 0 Å². The van der Waals surface area contributed by atoms with Crippen molar-refractivity contribution in [2.24, 2.45) is 0 Å². The highest BCUT2D eigenvalue weighted by atomic mass is 16.3. The van der Waals surface area contributed by atoms with Crippen molar-refractivity contribution in [2.75, 3.05) is 0 Å². The Morgan fingerprint density at radius 1 is 0.462 bits per heavy atom. The molecule has 7 rings (SSSR count). The number of hydrogen-bond acceptors (Lipinski definition) is 3. The first kappa shape index (κ1) is 34.9. The number of hydrogen-bond donors (Lipinski definition) is 1. The molecule has 2 aromatic heterocycles. The summed E-state index contributed by atoms with van der Waals surface area (Å²) in [7, 11) is 0. The molecule has 4 nitrogen and oxygen atoms in total. The van der Waals surface area contributed by atoms with Gasteiger partial charge >= 0.3 is 0 Å². The first-order valence-electron chi connectivity index (χ1n) is 18.7. The van der Waals surface area contributed by atoms with Crippen molar-refractivity contribution in [3.63, 3.8) is 0 Å². The summed E-state index contributed by atoms with van der Waals surface area (Å²) in [6, 6.07) is 42.6. The first-order valence-corrected chi connectivity index (χ1v) is 18.7. The molecule has 0 fully saturated rings. The summed E-state index contributed by atoms with van der Waals surface area (Å²) in [6.07, 6.45) is 0. The molecule has 0 aliphatic carbocycles. The van der Waals surface area contributed by atoms with E-state index < -0.39 is 0 Å². The average molecular weight is 684 g/mol. The number of phenolic OH excluding ortho intramolecular Hbond substituents is 1. The molecule has 0 aliphatic rings. The molecule has 52 heavy (non-hydrogen) atoms. The summed E-state index contributed by atoms with van der Waals surface area (Å²) < 4.78 is 2.32. The van der Waals surface area contributed by atoms with Crippen molar-refractivity contribution in [2.45, 2.75) is 79.1 Å². The van der Waals surface area contributed by atoms with Crippen LogP contribution in [0, 0.1) is 0 Å². The number of fused-ring (bicyclic) bond motifs is 1. The first-order chi connectivity index (χ1) is 25.0. The maximum absolute atomic E-state index is 11.1. The highest BCUT2D eigenvalue weighted by Crippen LogP contribution is 2.40. The summed E-state index contributed by atoms with van der Waals surface area (Å²) in [6.45, 7) is 18.0. The predicted octanol–water partition coefficient (Wildman–Crippen LogP) is 13.3. The zero-order valence-electron chi connectivity index (χ0n) is 31.6. The third kappa shape index (κ3) is 6.78. The summed E-state index contributed by atoms with van der Waals surface area (Å²) in [5, 5.41) is 11.1. The minimum absolute atomic E-state index is 0.205. The maximum Gasteiger partial charge on any atom is 0.145 e. The Kier molecular flexibility index (Phi) is 9.59. The smallest absolute Gasteiger partial charge is 0.145 e. The Balaban J connectivity index is 1.53. The van der Waals surface area contributed by atoms with E-state index in [0.717, 1.165) is 56.2 Å². The minimum Gasteiger partial charge on any atom is -0.507 e. The van der Waals surface area contributed by atoms with Crippen molar-refractivity contribution in [3.05, 3.63) is 144 Å². The van der Waals surface area contributed by atoms with Crippen LogP contribution in [-0.2, 0) is 0 Å². The van der Waals surface area contributed by atoms with Gasteiger partial charge in [0, 0.05) is 22.4 Å². The van der Waals surface area contributed by atoms with Crippen LogP contribution in [-0.4, -0.2) is 19.6 Å². The number of aromatic hydroxyl groups is 1. The van der Waals surface area contributed by atoms with Crippen molar-refractivity contribution in [1.29, 1.82) is 0 Å². The molecule has 5 aromatic carbocycles. The lowest BCUT2D eigenvalue weighted by Crippen LogP contribution is -2.02. The molecule has 0 saturated heterocycles. The Labute approximate surface area is 308 Å². The number of nitrogens with zero attached hydrogens (tertiary/aromatic N) is 3. The van der Waals surface area contributed by atoms with Crippen molar-refractivity contribution in [3.8, 4) is 56.5 Å². The van der Waals surface area contributed by atoms with Gasteiger partial charge < -0.3 is 5.11 Å². The largest absolute Gasteiger partial charge is 0.507 e. The normalized spacial score (nSPS) is 11.8. The molecule has 0 saturated carbocycles. The van der Waals surface area contributed by atoms with Gasteiger partial charge in [-0.2, -0.15) is 0 Å². The van der Waals surface area contributed by atoms with Gasteiger partial charge in [0.2, 0.25) is 0 Å². The third-order valence-electron chi connectivity index (χ3n) is 10.2. The molecule has 2 heterocycles. The van der Waals surface area contributed by atoms with Crippen LogP contribution in [0.1, 0.15) is 101 Å². The quantitative estimate of drug-likeness (QED) is 0.165. The lowest BCUT2D eigenvalue weighted by atomic mass is 9.90. The van der Waals surface area contributed by atoms with Crippen molar-refractivity contribution < 1.29 is 5.11 Å². The Hall–Kier alpha value is -5.48. The predicted molar refractivity (Wildman–Crippen MR) is 219 cm³/mol. The number of rotatable bonds is 9. The van der Waals surface area contributed by atoms with E-state index in [-0.39, 0.29) is 5.75 Å². The summed E-state index contributed by atoms with van der Waals surface area (Å²) in [5.41, 5.74) is 14.7. The SMILES string of the molecule is CC(C)c1cc(-c2cc(-c3ccccc3O)nc(-c3cccc4c3nc(-c3ccccc3)n4-c3cc(C(C)C)cc(C(C)C)c3)c2)cc(C(C)C)c1. The van der Waals surface area contributed by atoms with Gasteiger partial charge in [-0.05, 0) is 99.5 Å². The van der Waals surface area contributed by atoms with E-state index in [1.807, 2.05) is 24.3 Å². The van der Waals surface area contributed by atoms with E-state index in [1.54, 1.807) is 6.07 Å². The lowest BCUT2D eigenvalue weighted by molar-refractivity contribution is 0.477. The van der Waals surface area contributed by atoms with Gasteiger partial charge in [0.05, 0.1) is 22.4 Å². The second-order valence-corrected chi connectivity index (χ2v) is 15.3. The van der Waals surface area contributed by atoms with E-state index in [1.165, 1.54) is 22.3 Å². The molecular weight excluding hydrogens is 635 g/mol. The topological polar surface area (TPSA) is 50.9 Å². The molecule has 0 amide bonds. The Morgan fingerprint density at radius 2 is 0.962 bits per heavy atom. The zero-order valence-corrected chi connectivity index (χ0v) is 31.6. The van der Waals surface area contributed by atoms with Gasteiger partial charge in [0.25, 0.3) is 0 Å². The van der Waals surface area contributed by atoms with E-state index >= 15 is 0 Å². The molecule has 0 unspecified atom stereocenters. The number of phenols is 1. The number of benzene rings is 5. The molecule has 0 spiro atoms. The zero-order chi connectivity index (χ0) is 36.7. The van der Waals surface area contributed by atoms with Crippen LogP contribution in [0.25, 0.3) is 61.8 Å². The van der Waals surface area contributed by atoms with E-state index in [4.69, 9.17) is 9.97 Å². The van der Waals surface area contributed by atoms with Crippen molar-refractivity contribution in [1.82, 2.24) is 14.5 Å². The summed E-state index contributed by atoms with van der Waals surface area (Å²) in [5.74, 6) is 2.63. The molecule has 4 heteroatoms. The van der Waals surface area contributed by atoms with Crippen LogP contribution in [0.4, 0.5) is 0 Å². The summed E-state index contributed by atoms with van der Waals surface area (Å²) >= 11 is 0. The van der Waals surface area contributed by atoms with Crippen LogP contribution >= 0.6 is 0 Å². The molecular formula is C48H49N3O. The fraction of sp³-hybridized carbons (Fsp3) is 0.250. The maximum atomic E-state index is 11.1. The molecule has 7 aromatic rings. The van der Waals surface area contributed by atoms with Gasteiger partial charge in [-0.3, -0.25) is 4.57 Å². The minimum atomic E-state index is 0.205. The lowest BCUT2D eigenvalue weighted by Gasteiger charge is -2.17. The number of imidazole rings is 1. The van der Waals surface area contributed by atoms with E-state index in [9.17, 15) is 5.11 Å². The van der Waals surface area contributed by atoms with Gasteiger partial charge in [0.15, 0.2) is 0 Å². The van der Waals surface area contributed by atoms with E-state index in [2.05, 4.69) is 151 Å². The monoisotopic (exact) mass is 683 g/mol. The second kappa shape index (κ2) is 14.3. The molecule has 0 radical (unpaired) electrons. The fourth-order valence-corrected chi connectivity index (χ4v) is 6.98. The highest BCUT2D eigenvalue weighted by Gasteiger charge is 2.21. The number of aromatic nitrogens is 3. The molecule has 1 N–H and O–H groups in total. The van der Waals surface area contributed by atoms with Crippen molar-refractivity contribution >= 4 is 11.0 Å². The Morgan fingerprint density at radius 3 is 1.54 bits per heavy atom. The Bertz CT molecular complexity index is 2330. The highest BCUT2D eigenvalue weighted by molar-refractivity contribution is 5.96. The van der Waals surface area contributed by atoms with Crippen LogP contribution in [0.15, 0.2) is 121 Å². The summed E-state index contributed by atoms with van der Waals surface area (Å²) in [4.78, 5) is 10.7. The molecule has 0 aliphatic heterocycles. The molecule has 262 valence electrons. The fourth-order valence-electron chi connectivity index (χ4n) is 6.98. The van der Waals surface area contributed by atoms with Crippen LogP contribution < -0.4 is 0 Å². The van der Waals surface area contributed by atoms with Gasteiger partial charge in [-0.25, -0.2) is 9.97 Å². The van der Waals surface area contributed by atoms with Gasteiger partial charge in [-0.1, -0.05) is 134 Å². The molecule has 0 bridgehead atoms. The standard InChI is InChI=1S/C48H49N3O/c1-29(2)34-21-35(30(3)4)24-38(23-34)39-27-43(41-17-12-13-20-46(41)52)49-44(28-39)42-18-14-19-45-47(42)50-48(33-15-10-9-11-16-33)51(45)40-25-36(31(5)6)22-37(26-40)32(7)8/h9-32,52H,1-8H3.